The van der Waals surface area contributed by atoms with Crippen LogP contribution in [0.2, 0.25) is 0 Å². The van der Waals surface area contributed by atoms with Crippen molar-refractivity contribution in [2.24, 2.45) is 0 Å². The Bertz CT molecular complexity index is 956. The molecule has 1 aliphatic rings. The van der Waals surface area contributed by atoms with Crippen LogP contribution in [0.4, 0.5) is 5.69 Å². The van der Waals surface area contributed by atoms with Gasteiger partial charge in [-0.05, 0) is 56.2 Å². The van der Waals surface area contributed by atoms with Gasteiger partial charge in [-0.1, -0.05) is 18.2 Å². The zero-order valence-corrected chi connectivity index (χ0v) is 16.5. The summed E-state index contributed by atoms with van der Waals surface area (Å²) in [5, 5.41) is 0. The molecule has 3 rings (SSSR count). The molecular weight excluding hydrogens is 364 g/mol. The van der Waals surface area contributed by atoms with E-state index in [9.17, 15) is 13.2 Å². The number of amides is 1. The third-order valence-corrected chi connectivity index (χ3v) is 6.05. The van der Waals surface area contributed by atoms with Gasteiger partial charge in [-0.2, -0.15) is 0 Å². The van der Waals surface area contributed by atoms with Crippen LogP contribution in [0.1, 0.15) is 28.4 Å². The van der Waals surface area contributed by atoms with Crippen molar-refractivity contribution in [3.63, 3.8) is 0 Å². The van der Waals surface area contributed by atoms with E-state index >= 15 is 0 Å². The van der Waals surface area contributed by atoms with Crippen molar-refractivity contribution in [3.05, 3.63) is 59.2 Å². The minimum atomic E-state index is -3.74. The fourth-order valence-corrected chi connectivity index (χ4v) is 4.49. The summed E-state index contributed by atoms with van der Waals surface area (Å²) in [7, 11) is -3.74. The quantitative estimate of drug-likeness (QED) is 0.874. The lowest BCUT2D eigenvalue weighted by atomic mass is 10.1. The van der Waals surface area contributed by atoms with E-state index in [1.54, 1.807) is 48.2 Å². The number of sulfonamides is 1. The van der Waals surface area contributed by atoms with E-state index in [-0.39, 0.29) is 16.9 Å². The van der Waals surface area contributed by atoms with Gasteiger partial charge in [-0.25, -0.2) is 8.42 Å². The highest BCUT2D eigenvalue weighted by molar-refractivity contribution is 7.92. The molecule has 0 bridgehead atoms. The zero-order valence-electron chi connectivity index (χ0n) is 15.7. The fraction of sp³-hybridized carbons (Fsp3) is 0.350. The van der Waals surface area contributed by atoms with Crippen LogP contribution in [-0.4, -0.2) is 45.0 Å². The van der Waals surface area contributed by atoms with Gasteiger partial charge in [0.1, 0.15) is 0 Å². The lowest BCUT2D eigenvalue weighted by molar-refractivity contribution is -0.0124. The summed E-state index contributed by atoms with van der Waals surface area (Å²) >= 11 is 0. The van der Waals surface area contributed by atoms with Crippen molar-refractivity contribution in [2.75, 3.05) is 24.4 Å². The van der Waals surface area contributed by atoms with E-state index in [1.807, 2.05) is 19.9 Å². The molecule has 1 atom stereocenters. The first-order valence-electron chi connectivity index (χ1n) is 8.87. The smallest absolute Gasteiger partial charge is 0.262 e. The highest BCUT2D eigenvalue weighted by Crippen LogP contribution is 2.22. The molecule has 1 amide bonds. The second kappa shape index (κ2) is 7.70. The van der Waals surface area contributed by atoms with Crippen molar-refractivity contribution in [2.45, 2.75) is 31.8 Å². The molecule has 2 aromatic rings. The number of nitrogens with one attached hydrogen (secondary N) is 1. The number of hydrogen-bond acceptors (Lipinski definition) is 4. The van der Waals surface area contributed by atoms with E-state index in [1.165, 1.54) is 0 Å². The van der Waals surface area contributed by atoms with Crippen LogP contribution in [0.5, 0.6) is 0 Å². The average Bonchev–Trinajstić information content (AvgIpc) is 2.63. The van der Waals surface area contributed by atoms with Crippen molar-refractivity contribution in [1.29, 1.82) is 0 Å². The Labute approximate surface area is 160 Å². The Balaban J connectivity index is 1.83. The number of nitrogens with zero attached hydrogens (tertiary/aromatic N) is 1. The Morgan fingerprint density at radius 1 is 1.19 bits per heavy atom. The fourth-order valence-electron chi connectivity index (χ4n) is 3.11. The van der Waals surface area contributed by atoms with Crippen LogP contribution >= 0.6 is 0 Å². The van der Waals surface area contributed by atoms with Crippen molar-refractivity contribution in [1.82, 2.24) is 4.90 Å². The van der Waals surface area contributed by atoms with Gasteiger partial charge in [0.15, 0.2) is 0 Å². The van der Waals surface area contributed by atoms with E-state index < -0.39 is 10.0 Å². The minimum Gasteiger partial charge on any atom is -0.375 e. The van der Waals surface area contributed by atoms with Gasteiger partial charge < -0.3 is 9.64 Å². The maximum atomic E-state index is 12.8. The first-order chi connectivity index (χ1) is 12.8. The van der Waals surface area contributed by atoms with Gasteiger partial charge in [0.05, 0.1) is 17.6 Å². The summed E-state index contributed by atoms with van der Waals surface area (Å²) < 4.78 is 33.6. The molecule has 2 aromatic carbocycles. The maximum Gasteiger partial charge on any atom is 0.262 e. The van der Waals surface area contributed by atoms with Gasteiger partial charge in [-0.15, -0.1) is 0 Å². The highest BCUT2D eigenvalue weighted by Gasteiger charge is 2.23. The third kappa shape index (κ3) is 4.48. The number of morpholine rings is 1. The normalized spacial score (nSPS) is 17.6. The Morgan fingerprint density at radius 2 is 1.96 bits per heavy atom. The lowest BCUT2D eigenvalue weighted by Crippen LogP contribution is -2.44. The predicted molar refractivity (Wildman–Crippen MR) is 104 cm³/mol. The van der Waals surface area contributed by atoms with Crippen LogP contribution < -0.4 is 4.72 Å². The van der Waals surface area contributed by atoms with E-state index in [2.05, 4.69) is 4.72 Å². The molecule has 144 valence electrons. The second-order valence-corrected chi connectivity index (χ2v) is 8.54. The molecule has 1 fully saturated rings. The molecule has 0 unspecified atom stereocenters. The molecule has 0 saturated carbocycles. The molecule has 0 spiro atoms. The SMILES string of the molecule is Cc1ccc(C)c(S(=O)(=O)Nc2cccc(C(=O)N3CCO[C@H](C)C3)c2)c1. The van der Waals surface area contributed by atoms with Gasteiger partial charge in [0.2, 0.25) is 0 Å². The van der Waals surface area contributed by atoms with Gasteiger partial charge in [-0.3, -0.25) is 9.52 Å². The predicted octanol–water partition coefficient (Wildman–Crippen LogP) is 2.97. The molecule has 1 saturated heterocycles. The number of aryl methyl sites for hydroxylation is 2. The summed E-state index contributed by atoms with van der Waals surface area (Å²) in [6.45, 7) is 7.09. The van der Waals surface area contributed by atoms with Crippen molar-refractivity contribution < 1.29 is 17.9 Å². The Hall–Kier alpha value is -2.38. The monoisotopic (exact) mass is 388 g/mol. The summed E-state index contributed by atoms with van der Waals surface area (Å²) in [6, 6.07) is 11.9. The number of ether oxygens (including phenoxy) is 1. The van der Waals surface area contributed by atoms with E-state index in [0.717, 1.165) is 5.56 Å². The lowest BCUT2D eigenvalue weighted by Gasteiger charge is -2.31. The largest absolute Gasteiger partial charge is 0.375 e. The van der Waals surface area contributed by atoms with Crippen LogP contribution in [0, 0.1) is 13.8 Å². The van der Waals surface area contributed by atoms with E-state index in [0.29, 0.717) is 36.5 Å². The number of carbonyl (C=O) groups is 1. The first-order valence-corrected chi connectivity index (χ1v) is 10.4. The molecule has 1 heterocycles. The number of benzene rings is 2. The molecule has 0 aromatic heterocycles. The first kappa shape index (κ1) is 19.4. The summed E-state index contributed by atoms with van der Waals surface area (Å²) in [5.74, 6) is -0.127. The molecule has 1 N–H and O–H groups in total. The van der Waals surface area contributed by atoms with Crippen molar-refractivity contribution in [3.8, 4) is 0 Å². The average molecular weight is 388 g/mol. The summed E-state index contributed by atoms with van der Waals surface area (Å²) in [6.07, 6.45) is -0.00585. The second-order valence-electron chi connectivity index (χ2n) is 6.89. The van der Waals surface area contributed by atoms with Gasteiger partial charge in [0, 0.05) is 24.3 Å². The minimum absolute atomic E-state index is 0.00585. The Kier molecular flexibility index (Phi) is 5.53. The highest BCUT2D eigenvalue weighted by atomic mass is 32.2. The summed E-state index contributed by atoms with van der Waals surface area (Å²) in [5.41, 5.74) is 2.35. The molecule has 27 heavy (non-hydrogen) atoms. The molecule has 1 aliphatic heterocycles. The standard InChI is InChI=1S/C20H24N2O4S/c1-14-7-8-15(2)19(11-14)27(24,25)21-18-6-4-5-17(12-18)20(23)22-9-10-26-16(3)13-22/h4-8,11-12,16,21H,9-10,13H2,1-3H3/t16-/m1/s1. The maximum absolute atomic E-state index is 12.8. The number of hydrogen-bond donors (Lipinski definition) is 1. The molecular formula is C20H24N2O4S. The molecule has 0 radical (unpaired) electrons. The molecule has 6 nitrogen and oxygen atoms in total. The number of carbonyl (C=O) groups excluding carboxylic acids is 1. The molecule has 7 heteroatoms. The zero-order chi connectivity index (χ0) is 19.6. The van der Waals surface area contributed by atoms with Crippen LogP contribution in [0.25, 0.3) is 0 Å². The number of rotatable bonds is 4. The van der Waals surface area contributed by atoms with Crippen LogP contribution in [0.15, 0.2) is 47.4 Å². The van der Waals surface area contributed by atoms with Gasteiger partial charge in [0.25, 0.3) is 15.9 Å². The topological polar surface area (TPSA) is 75.7 Å². The van der Waals surface area contributed by atoms with Crippen LogP contribution in [-0.2, 0) is 14.8 Å². The van der Waals surface area contributed by atoms with Crippen molar-refractivity contribution >= 4 is 21.6 Å². The molecule has 0 aliphatic carbocycles. The summed E-state index contributed by atoms with van der Waals surface area (Å²) in [4.78, 5) is 14.7. The van der Waals surface area contributed by atoms with Crippen LogP contribution in [0.3, 0.4) is 0 Å². The van der Waals surface area contributed by atoms with E-state index in [4.69, 9.17) is 4.74 Å². The Morgan fingerprint density at radius 3 is 2.70 bits per heavy atom. The third-order valence-electron chi connectivity index (χ3n) is 4.52. The number of anilines is 1. The van der Waals surface area contributed by atoms with Gasteiger partial charge >= 0.3 is 0 Å².